The molecule has 4 N–H and O–H groups in total. The summed E-state index contributed by atoms with van der Waals surface area (Å²) in [5.41, 5.74) is 1.79. The fourth-order valence-corrected chi connectivity index (χ4v) is 4.87. The summed E-state index contributed by atoms with van der Waals surface area (Å²) in [6.45, 7) is 2.19. The molecule has 6 heteroatoms. The van der Waals surface area contributed by atoms with E-state index in [0.29, 0.717) is 6.42 Å². The van der Waals surface area contributed by atoms with Crippen LogP contribution in [0.1, 0.15) is 43.7 Å². The first kappa shape index (κ1) is 23.9. The van der Waals surface area contributed by atoms with Crippen molar-refractivity contribution < 1.29 is 25.2 Å². The van der Waals surface area contributed by atoms with Gasteiger partial charge >= 0.3 is 0 Å². The number of benzene rings is 1. The normalized spacial score (nSPS) is 23.2. The van der Waals surface area contributed by atoms with Crippen molar-refractivity contribution in [2.24, 2.45) is 11.8 Å². The third-order valence-electron chi connectivity index (χ3n) is 5.53. The van der Waals surface area contributed by atoms with Crippen LogP contribution in [0.5, 0.6) is 5.75 Å². The predicted octanol–water partition coefficient (Wildman–Crippen LogP) is 2.88. The number of hydrogen-bond donors (Lipinski definition) is 4. The summed E-state index contributed by atoms with van der Waals surface area (Å²) in [5.74, 6) is 1.75. The van der Waals surface area contributed by atoms with Crippen molar-refractivity contribution in [2.75, 3.05) is 18.1 Å². The van der Waals surface area contributed by atoms with Crippen molar-refractivity contribution in [2.45, 2.75) is 57.7 Å². The van der Waals surface area contributed by atoms with Crippen LogP contribution >= 0.6 is 11.8 Å². The van der Waals surface area contributed by atoms with Crippen molar-refractivity contribution in [1.29, 1.82) is 0 Å². The van der Waals surface area contributed by atoms with E-state index in [9.17, 15) is 20.1 Å². The monoisotopic (exact) mass is 422 g/mol. The number of rotatable bonds is 12. The predicted molar refractivity (Wildman–Crippen MR) is 117 cm³/mol. The zero-order valence-electron chi connectivity index (χ0n) is 17.2. The minimum atomic E-state index is -0.708. The average Bonchev–Trinajstić information content (AvgIpc) is 2.97. The Balaban J connectivity index is 1.89. The second kappa shape index (κ2) is 12.4. The molecule has 162 valence electrons. The van der Waals surface area contributed by atoms with Gasteiger partial charge in [-0.15, -0.1) is 0 Å². The Morgan fingerprint density at radius 3 is 2.79 bits per heavy atom. The second-order valence-electron chi connectivity index (χ2n) is 7.73. The summed E-state index contributed by atoms with van der Waals surface area (Å²) in [7, 11) is 0. The summed E-state index contributed by atoms with van der Waals surface area (Å²) in [6, 6.07) is 5.35. The van der Waals surface area contributed by atoms with Crippen LogP contribution in [0.3, 0.4) is 0 Å². The van der Waals surface area contributed by atoms with Gasteiger partial charge in [0.05, 0.1) is 12.2 Å². The van der Waals surface area contributed by atoms with E-state index < -0.39 is 12.2 Å². The van der Waals surface area contributed by atoms with Crippen molar-refractivity contribution >= 4 is 17.5 Å². The highest BCUT2D eigenvalue weighted by molar-refractivity contribution is 7.99. The van der Waals surface area contributed by atoms with Crippen molar-refractivity contribution in [1.82, 2.24) is 0 Å². The summed E-state index contributed by atoms with van der Waals surface area (Å²) in [5, 5.41) is 39.3. The van der Waals surface area contributed by atoms with Crippen LogP contribution in [0.25, 0.3) is 0 Å². The van der Waals surface area contributed by atoms with E-state index in [1.54, 1.807) is 30.0 Å². The lowest BCUT2D eigenvalue weighted by Crippen LogP contribution is -2.20. The summed E-state index contributed by atoms with van der Waals surface area (Å²) < 4.78 is 0. The van der Waals surface area contributed by atoms with E-state index in [2.05, 4.69) is 0 Å². The van der Waals surface area contributed by atoms with Gasteiger partial charge in [-0.3, -0.25) is 4.79 Å². The third kappa shape index (κ3) is 7.45. The first-order valence-electron chi connectivity index (χ1n) is 10.5. The quantitative estimate of drug-likeness (QED) is 0.305. The van der Waals surface area contributed by atoms with Crippen LogP contribution in [-0.2, 0) is 17.6 Å². The van der Waals surface area contributed by atoms with Crippen LogP contribution < -0.4 is 0 Å². The molecule has 0 bridgehead atoms. The maximum atomic E-state index is 12.3. The third-order valence-corrected chi connectivity index (χ3v) is 6.63. The van der Waals surface area contributed by atoms with E-state index >= 15 is 0 Å². The van der Waals surface area contributed by atoms with Gasteiger partial charge < -0.3 is 20.4 Å². The number of unbranched alkanes of at least 4 members (excludes halogenated alkanes) is 1. The van der Waals surface area contributed by atoms with Gasteiger partial charge in [-0.05, 0) is 54.4 Å². The molecular formula is C23H34O5S. The van der Waals surface area contributed by atoms with E-state index in [-0.39, 0.29) is 36.4 Å². The number of carbonyl (C=O) groups is 1. The lowest BCUT2D eigenvalue weighted by atomic mass is 9.91. The van der Waals surface area contributed by atoms with Crippen molar-refractivity contribution in [3.05, 3.63) is 41.5 Å². The molecule has 0 spiro atoms. The molecule has 1 saturated carbocycles. The molecule has 0 aliphatic heterocycles. The molecule has 0 aromatic heterocycles. The summed E-state index contributed by atoms with van der Waals surface area (Å²) >= 11 is 1.78. The van der Waals surface area contributed by atoms with Crippen LogP contribution in [0.2, 0.25) is 0 Å². The Bertz CT molecular complexity index is 675. The fourth-order valence-electron chi connectivity index (χ4n) is 3.84. The number of aryl methyl sites for hydroxylation is 1. The van der Waals surface area contributed by atoms with E-state index in [4.69, 9.17) is 5.11 Å². The van der Waals surface area contributed by atoms with Gasteiger partial charge in [0.2, 0.25) is 0 Å². The molecule has 1 aliphatic rings. The molecule has 29 heavy (non-hydrogen) atoms. The average molecular weight is 423 g/mol. The zero-order chi connectivity index (χ0) is 21.2. The second-order valence-corrected chi connectivity index (χ2v) is 8.95. The van der Waals surface area contributed by atoms with E-state index in [0.717, 1.165) is 48.3 Å². The van der Waals surface area contributed by atoms with Gasteiger partial charge in [0.15, 0.2) is 0 Å². The number of aliphatic hydroxyl groups is 3. The number of carbonyl (C=O) groups excluding carboxylic acids is 1. The molecule has 0 saturated heterocycles. The zero-order valence-corrected chi connectivity index (χ0v) is 18.0. The Hall–Kier alpha value is -1.34. The van der Waals surface area contributed by atoms with Gasteiger partial charge in [-0.25, -0.2) is 0 Å². The van der Waals surface area contributed by atoms with Crippen molar-refractivity contribution in [3.8, 4) is 5.75 Å². The Morgan fingerprint density at radius 2 is 2.07 bits per heavy atom. The molecule has 2 rings (SSSR count). The van der Waals surface area contributed by atoms with Crippen LogP contribution in [0, 0.1) is 11.8 Å². The molecule has 0 heterocycles. The number of phenols is 1. The smallest absolute Gasteiger partial charge is 0.139 e. The number of hydrogen-bond acceptors (Lipinski definition) is 6. The topological polar surface area (TPSA) is 98.0 Å². The van der Waals surface area contributed by atoms with E-state index in [1.807, 2.05) is 19.1 Å². The SMILES string of the molecule is CCc1cc(C[C@H](O)/C=C/[C@H]2[C@H](O)CC(=O)[C@@H]2CCSCCCCO)ccc1O. The fraction of sp³-hybridized carbons (Fsp3) is 0.609. The Kier molecular flexibility index (Phi) is 10.2. The number of aliphatic hydroxyl groups excluding tert-OH is 3. The van der Waals surface area contributed by atoms with Gasteiger partial charge in [0.1, 0.15) is 11.5 Å². The molecule has 4 atom stereocenters. The van der Waals surface area contributed by atoms with Crippen LogP contribution in [0.15, 0.2) is 30.4 Å². The lowest BCUT2D eigenvalue weighted by Gasteiger charge is -2.18. The van der Waals surface area contributed by atoms with Crippen molar-refractivity contribution in [3.63, 3.8) is 0 Å². The van der Waals surface area contributed by atoms with Gasteiger partial charge in [-0.1, -0.05) is 31.2 Å². The first-order chi connectivity index (χ1) is 14.0. The number of phenolic OH excluding ortho intramolecular Hbond substituents is 1. The lowest BCUT2D eigenvalue weighted by molar-refractivity contribution is -0.121. The molecular weight excluding hydrogens is 388 g/mol. The summed E-state index contributed by atoms with van der Waals surface area (Å²) in [4.78, 5) is 12.3. The first-order valence-corrected chi connectivity index (χ1v) is 11.7. The number of ketones is 1. The highest BCUT2D eigenvalue weighted by atomic mass is 32.2. The number of Topliss-reactive ketones (excluding diaryl/α,β-unsaturated/α-hetero) is 1. The maximum Gasteiger partial charge on any atom is 0.139 e. The largest absolute Gasteiger partial charge is 0.508 e. The molecule has 1 aromatic carbocycles. The van der Waals surface area contributed by atoms with Gasteiger partial charge in [0.25, 0.3) is 0 Å². The molecule has 0 unspecified atom stereocenters. The number of aromatic hydroxyl groups is 1. The molecule has 1 aromatic rings. The summed E-state index contributed by atoms with van der Waals surface area (Å²) in [6.07, 6.45) is 5.93. The number of thioether (sulfide) groups is 1. The maximum absolute atomic E-state index is 12.3. The Labute approximate surface area is 177 Å². The molecule has 1 fully saturated rings. The highest BCUT2D eigenvalue weighted by Crippen LogP contribution is 2.34. The minimum Gasteiger partial charge on any atom is -0.508 e. The van der Waals surface area contributed by atoms with Crippen LogP contribution in [0.4, 0.5) is 0 Å². The molecule has 0 amide bonds. The molecule has 5 nitrogen and oxygen atoms in total. The molecule has 1 aliphatic carbocycles. The van der Waals surface area contributed by atoms with E-state index in [1.165, 1.54) is 0 Å². The highest BCUT2D eigenvalue weighted by Gasteiger charge is 2.39. The van der Waals surface area contributed by atoms with Crippen LogP contribution in [-0.4, -0.2) is 56.5 Å². The minimum absolute atomic E-state index is 0.101. The van der Waals surface area contributed by atoms with Gasteiger partial charge in [-0.2, -0.15) is 11.8 Å². The van der Waals surface area contributed by atoms with Gasteiger partial charge in [0, 0.05) is 31.3 Å². The standard InChI is InChI=1S/C23H34O5S/c1-2-17-13-16(5-8-21(17)26)14-18(25)6-7-19-20(23(28)15-22(19)27)9-12-29-11-4-3-10-24/h5-8,13,18-20,22,24-27H,2-4,9-12,14-15H2,1H3/b7-6+/t18-,19-,20-,22-/m1/s1. The molecule has 0 radical (unpaired) electrons. The Morgan fingerprint density at radius 1 is 1.28 bits per heavy atom.